The Balaban J connectivity index is 1.55. The fourth-order valence-electron chi connectivity index (χ4n) is 3.10. The van der Waals surface area contributed by atoms with Crippen LogP contribution in [0.25, 0.3) is 11.2 Å². The first kappa shape index (κ1) is 14.8. The summed E-state index contributed by atoms with van der Waals surface area (Å²) >= 11 is 0. The summed E-state index contributed by atoms with van der Waals surface area (Å²) in [5, 5.41) is 0. The minimum absolute atomic E-state index is 0.447. The number of fused-ring (bicyclic) bond motifs is 1. The molecule has 0 atom stereocenters. The maximum atomic E-state index is 13.3. The lowest BCUT2D eigenvalue weighted by Crippen LogP contribution is -2.47. The summed E-state index contributed by atoms with van der Waals surface area (Å²) in [4.78, 5) is 21.2. The van der Waals surface area contributed by atoms with Crippen molar-refractivity contribution in [1.82, 2.24) is 24.5 Å². The minimum atomic E-state index is -0.447. The van der Waals surface area contributed by atoms with E-state index in [2.05, 4.69) is 36.7 Å². The van der Waals surface area contributed by atoms with Gasteiger partial charge in [0.1, 0.15) is 6.33 Å². The summed E-state index contributed by atoms with van der Waals surface area (Å²) in [5.41, 5.74) is 2.56. The summed E-state index contributed by atoms with van der Waals surface area (Å²) in [7, 11) is 0. The Hall–Kier alpha value is -2.77. The average Bonchev–Trinajstić information content (AvgIpc) is 3.05. The van der Waals surface area contributed by atoms with E-state index < -0.39 is 5.95 Å². The number of anilines is 2. The maximum Gasteiger partial charge on any atom is 0.214 e. The number of halogens is 1. The molecule has 3 aromatic heterocycles. The van der Waals surface area contributed by atoms with Gasteiger partial charge in [-0.1, -0.05) is 0 Å². The van der Waals surface area contributed by atoms with E-state index in [9.17, 15) is 4.39 Å². The number of piperazine rings is 1. The topological polar surface area (TPSA) is 63.0 Å². The third-order valence-electron chi connectivity index (χ3n) is 4.38. The maximum absolute atomic E-state index is 13.3. The zero-order valence-corrected chi connectivity index (χ0v) is 13.4. The molecule has 4 heterocycles. The highest BCUT2D eigenvalue weighted by Gasteiger charge is 2.22. The highest BCUT2D eigenvalue weighted by Crippen LogP contribution is 2.24. The molecule has 0 unspecified atom stereocenters. The quantitative estimate of drug-likeness (QED) is 0.683. The van der Waals surface area contributed by atoms with Crippen LogP contribution in [0.3, 0.4) is 0 Å². The van der Waals surface area contributed by atoms with Crippen LogP contribution < -0.4 is 9.80 Å². The van der Waals surface area contributed by atoms with Crippen LogP contribution in [-0.4, -0.2) is 50.7 Å². The summed E-state index contributed by atoms with van der Waals surface area (Å²) in [6.45, 7) is 6.08. The van der Waals surface area contributed by atoms with Crippen molar-refractivity contribution in [2.45, 2.75) is 13.5 Å². The Morgan fingerprint density at radius 2 is 1.83 bits per heavy atom. The molecule has 8 heteroatoms. The molecule has 0 bridgehead atoms. The molecule has 0 amide bonds. The normalized spacial score (nSPS) is 15.2. The molecule has 0 radical (unpaired) electrons. The molecule has 124 valence electrons. The van der Waals surface area contributed by atoms with Gasteiger partial charge in [-0.05, 0) is 13.0 Å². The fourth-order valence-corrected chi connectivity index (χ4v) is 3.10. The molecule has 7 nitrogen and oxygen atoms in total. The van der Waals surface area contributed by atoms with Gasteiger partial charge in [-0.3, -0.25) is 0 Å². The second-order valence-corrected chi connectivity index (χ2v) is 5.71. The van der Waals surface area contributed by atoms with Gasteiger partial charge in [-0.15, -0.1) is 0 Å². The second-order valence-electron chi connectivity index (χ2n) is 5.71. The summed E-state index contributed by atoms with van der Waals surface area (Å²) in [5.74, 6) is 0.422. The number of aromatic nitrogens is 5. The first-order valence-electron chi connectivity index (χ1n) is 8.03. The molecular weight excluding hydrogens is 309 g/mol. The Kier molecular flexibility index (Phi) is 3.72. The monoisotopic (exact) mass is 327 g/mol. The standard InChI is InChI=1S/C16H18FN7/c1-2-22-11-21-14-15(22)19-10-20-16(14)24-7-5-23(6-8-24)12-3-4-18-13(17)9-12/h3-4,9-11H,2,5-8H2,1H3. The van der Waals surface area contributed by atoms with Crippen molar-refractivity contribution in [3.8, 4) is 0 Å². The number of imidazole rings is 1. The highest BCUT2D eigenvalue weighted by atomic mass is 19.1. The minimum Gasteiger partial charge on any atom is -0.368 e. The van der Waals surface area contributed by atoms with Gasteiger partial charge in [0, 0.05) is 50.7 Å². The predicted octanol–water partition coefficient (Wildman–Crippen LogP) is 1.71. The number of pyridine rings is 1. The summed E-state index contributed by atoms with van der Waals surface area (Å²) in [6, 6.07) is 3.31. The molecule has 0 aromatic carbocycles. The lowest BCUT2D eigenvalue weighted by molar-refractivity contribution is 0.580. The molecule has 0 aliphatic carbocycles. The van der Waals surface area contributed by atoms with Gasteiger partial charge in [0.2, 0.25) is 5.95 Å². The lowest BCUT2D eigenvalue weighted by atomic mass is 10.2. The molecule has 3 aromatic rings. The van der Waals surface area contributed by atoms with Crippen LogP contribution >= 0.6 is 0 Å². The number of rotatable bonds is 3. The van der Waals surface area contributed by atoms with Crippen molar-refractivity contribution in [1.29, 1.82) is 0 Å². The van der Waals surface area contributed by atoms with E-state index in [1.165, 1.54) is 12.3 Å². The van der Waals surface area contributed by atoms with Crippen LogP contribution in [0.5, 0.6) is 0 Å². The Bertz CT molecular complexity index is 855. The molecule has 24 heavy (non-hydrogen) atoms. The van der Waals surface area contributed by atoms with Gasteiger partial charge in [-0.2, -0.15) is 4.39 Å². The van der Waals surface area contributed by atoms with E-state index in [1.54, 1.807) is 12.7 Å². The number of hydrogen-bond acceptors (Lipinski definition) is 6. The molecule has 1 fully saturated rings. The van der Waals surface area contributed by atoms with E-state index in [0.29, 0.717) is 0 Å². The van der Waals surface area contributed by atoms with Crippen LogP contribution in [0, 0.1) is 5.95 Å². The first-order valence-corrected chi connectivity index (χ1v) is 8.03. The molecule has 4 rings (SSSR count). The molecule has 1 aliphatic rings. The predicted molar refractivity (Wildman–Crippen MR) is 89.6 cm³/mol. The molecule has 0 spiro atoms. The van der Waals surface area contributed by atoms with Crippen molar-refractivity contribution >= 4 is 22.7 Å². The van der Waals surface area contributed by atoms with Crippen molar-refractivity contribution < 1.29 is 4.39 Å². The zero-order valence-electron chi connectivity index (χ0n) is 13.4. The third-order valence-corrected chi connectivity index (χ3v) is 4.38. The largest absolute Gasteiger partial charge is 0.368 e. The van der Waals surface area contributed by atoms with E-state index in [-0.39, 0.29) is 0 Å². The Morgan fingerprint density at radius 1 is 1.04 bits per heavy atom. The lowest BCUT2D eigenvalue weighted by Gasteiger charge is -2.36. The van der Waals surface area contributed by atoms with Crippen LogP contribution in [0.4, 0.5) is 15.9 Å². The molecule has 0 saturated carbocycles. The number of aryl methyl sites for hydroxylation is 1. The summed E-state index contributed by atoms with van der Waals surface area (Å²) < 4.78 is 15.3. The molecule has 1 saturated heterocycles. The van der Waals surface area contributed by atoms with Crippen molar-refractivity contribution in [2.24, 2.45) is 0 Å². The van der Waals surface area contributed by atoms with Gasteiger partial charge in [0.05, 0.1) is 6.33 Å². The highest BCUT2D eigenvalue weighted by molar-refractivity contribution is 5.83. The molecule has 0 N–H and O–H groups in total. The van der Waals surface area contributed by atoms with Crippen LogP contribution in [0.2, 0.25) is 0 Å². The smallest absolute Gasteiger partial charge is 0.214 e. The van der Waals surface area contributed by atoms with Crippen molar-refractivity contribution in [2.75, 3.05) is 36.0 Å². The van der Waals surface area contributed by atoms with Crippen LogP contribution in [0.1, 0.15) is 6.92 Å². The van der Waals surface area contributed by atoms with Gasteiger partial charge in [0.25, 0.3) is 0 Å². The Morgan fingerprint density at radius 3 is 2.58 bits per heavy atom. The third kappa shape index (κ3) is 2.53. The SMILES string of the molecule is CCn1cnc2c(N3CCN(c4ccnc(F)c4)CC3)ncnc21. The Labute approximate surface area is 138 Å². The molecular formula is C16H18FN7. The van der Waals surface area contributed by atoms with E-state index in [0.717, 1.165) is 55.4 Å². The van der Waals surface area contributed by atoms with Gasteiger partial charge >= 0.3 is 0 Å². The van der Waals surface area contributed by atoms with E-state index in [1.807, 2.05) is 10.6 Å². The number of hydrogen-bond donors (Lipinski definition) is 0. The van der Waals surface area contributed by atoms with Crippen LogP contribution in [-0.2, 0) is 6.54 Å². The zero-order chi connectivity index (χ0) is 16.5. The first-order chi connectivity index (χ1) is 11.8. The second kappa shape index (κ2) is 6.03. The molecule has 1 aliphatic heterocycles. The van der Waals surface area contributed by atoms with Gasteiger partial charge in [-0.25, -0.2) is 19.9 Å². The van der Waals surface area contributed by atoms with Gasteiger partial charge in [0.15, 0.2) is 17.0 Å². The average molecular weight is 327 g/mol. The van der Waals surface area contributed by atoms with Crippen LogP contribution in [0.15, 0.2) is 31.0 Å². The summed E-state index contributed by atoms with van der Waals surface area (Å²) in [6.07, 6.45) is 4.90. The van der Waals surface area contributed by atoms with Crippen molar-refractivity contribution in [3.63, 3.8) is 0 Å². The van der Waals surface area contributed by atoms with E-state index in [4.69, 9.17) is 0 Å². The number of nitrogens with zero attached hydrogens (tertiary/aromatic N) is 7. The fraction of sp³-hybridized carbons (Fsp3) is 0.375. The van der Waals surface area contributed by atoms with E-state index >= 15 is 0 Å². The van der Waals surface area contributed by atoms with Crippen molar-refractivity contribution in [3.05, 3.63) is 36.9 Å². The van der Waals surface area contributed by atoms with Gasteiger partial charge < -0.3 is 14.4 Å².